The molecule has 9 aromatic rings. The number of aromatic nitrogens is 13. The number of halogens is 4. The standard InChI is InChI=1S/C34H31Cl2N9O3.C31H33Cl2N9O2/c1-20-5-7-22(8-6-20)32-33(36)40-34(39-32)26(38-29(46)12-9-23-14-25(35)10-11-28(23)45-19-37-41-42-45)15-31(48)43-16-21-13-24(18-43)27-3-2-4-30(47)44(27)17-21;1-19-5-7-21(8-6-19)29-30(33)37-31(36-29)24(17-28(44)41-15-14-40-13-3-4-25(40)20(41)2)35-27(43)12-9-22-16-23(32)10-11-26(22)42-18-34-38-39-42/h2-12,14,19,21,24,26H,13,15-18H2,1H3,(H,38,46)(H,39,40);5-12,16,18,20,24-25H,3-4,13-15,17H2,1-2H3,(H,35,43)(H,36,37)/b2*12-9+/t21-,24+,26-;20?,24-,25?/m00/s1. The van der Waals surface area contributed by atoms with E-state index in [1.165, 1.54) is 34.2 Å². The minimum Gasteiger partial charge on any atom is -0.342 e. The lowest BCUT2D eigenvalue weighted by Crippen LogP contribution is -2.58. The maximum Gasteiger partial charge on any atom is 0.250 e. The summed E-state index contributed by atoms with van der Waals surface area (Å²) in [7, 11) is 0. The minimum absolute atomic E-state index is 0.0141. The highest BCUT2D eigenvalue weighted by atomic mass is 35.5. The average Bonchev–Trinajstić information content (AvgIpc) is 1.10. The zero-order valence-electron chi connectivity index (χ0n) is 50.3. The number of H-pyrrole nitrogens is 2. The summed E-state index contributed by atoms with van der Waals surface area (Å²) in [4.78, 5) is 89.1. The summed E-state index contributed by atoms with van der Waals surface area (Å²) in [6.45, 7) is 10.3. The summed E-state index contributed by atoms with van der Waals surface area (Å²) >= 11 is 25.8. The molecule has 13 rings (SSSR count). The molecule has 4 N–H and O–H groups in total. The van der Waals surface area contributed by atoms with Crippen LogP contribution < -0.4 is 16.2 Å². The molecule has 0 saturated carbocycles. The second-order valence-electron chi connectivity index (χ2n) is 23.5. The maximum absolute atomic E-state index is 13.9. The Bertz CT molecular complexity index is 4280. The molecule has 4 amide bonds. The fourth-order valence-electron chi connectivity index (χ4n) is 12.7. The normalized spacial score (nSPS) is 18.5. The number of tetrazole rings is 2. The van der Waals surface area contributed by atoms with Gasteiger partial charge >= 0.3 is 0 Å². The first kappa shape index (κ1) is 63.0. The van der Waals surface area contributed by atoms with Crippen LogP contribution in [-0.4, -0.2) is 148 Å². The second kappa shape index (κ2) is 27.8. The topological polar surface area (TPSA) is 269 Å². The molecule has 0 aliphatic carbocycles. The summed E-state index contributed by atoms with van der Waals surface area (Å²) in [6, 6.07) is 30.2. The van der Waals surface area contributed by atoms with Gasteiger partial charge in [0.1, 0.15) is 46.0 Å². The fourth-order valence-corrected chi connectivity index (χ4v) is 13.6. The van der Waals surface area contributed by atoms with Gasteiger partial charge in [0.05, 0.1) is 36.3 Å². The van der Waals surface area contributed by atoms with Crippen LogP contribution in [0.5, 0.6) is 0 Å². The van der Waals surface area contributed by atoms with E-state index in [0.29, 0.717) is 98.1 Å². The van der Waals surface area contributed by atoms with Crippen LogP contribution in [0.15, 0.2) is 133 Å². The van der Waals surface area contributed by atoms with Gasteiger partial charge in [-0.3, -0.25) is 28.9 Å². The number of carbonyl (C=O) groups excluding carboxylic acids is 4. The van der Waals surface area contributed by atoms with Crippen LogP contribution in [0, 0.1) is 19.8 Å². The Balaban J connectivity index is 0.000000178. The molecule has 2 bridgehead atoms. The summed E-state index contributed by atoms with van der Waals surface area (Å²) < 4.78 is 4.78. The lowest BCUT2D eigenvalue weighted by Gasteiger charge is -2.43. The first-order valence-corrected chi connectivity index (χ1v) is 31.7. The molecule has 0 radical (unpaired) electrons. The number of aromatic amines is 2. The fraction of sp³-hybridized carbons (Fsp3) is 0.308. The van der Waals surface area contributed by atoms with Crippen molar-refractivity contribution in [2.75, 3.05) is 32.7 Å². The number of likely N-dealkylation sites (tertiary alicyclic amines) is 1. The highest BCUT2D eigenvalue weighted by Gasteiger charge is 2.40. The molecule has 0 spiro atoms. The molecule has 3 saturated heterocycles. The molecule has 5 aromatic heterocycles. The van der Waals surface area contributed by atoms with Gasteiger partial charge in [-0.05, 0) is 128 Å². The Morgan fingerprint density at radius 1 is 0.652 bits per heavy atom. The van der Waals surface area contributed by atoms with E-state index in [1.807, 2.05) is 82.8 Å². The van der Waals surface area contributed by atoms with E-state index in [0.717, 1.165) is 60.3 Å². The molecular formula is C65H64Cl4N18O5. The van der Waals surface area contributed by atoms with Crippen LogP contribution in [0.4, 0.5) is 0 Å². The van der Waals surface area contributed by atoms with Crippen molar-refractivity contribution in [1.82, 2.24) is 90.3 Å². The van der Waals surface area contributed by atoms with Gasteiger partial charge in [0.25, 0.3) is 5.56 Å². The van der Waals surface area contributed by atoms with Crippen molar-refractivity contribution in [3.8, 4) is 33.9 Å². The van der Waals surface area contributed by atoms with Crippen molar-refractivity contribution in [2.45, 2.75) is 89.5 Å². The van der Waals surface area contributed by atoms with E-state index in [1.54, 1.807) is 60.7 Å². The van der Waals surface area contributed by atoms with Crippen molar-refractivity contribution < 1.29 is 19.2 Å². The number of amides is 4. The third-order valence-corrected chi connectivity index (χ3v) is 18.3. The van der Waals surface area contributed by atoms with Gasteiger partial charge in [-0.25, -0.2) is 9.97 Å². The monoisotopic (exact) mass is 1320 g/mol. The molecule has 9 heterocycles. The number of nitrogens with zero attached hydrogens (tertiary/aromatic N) is 14. The molecule has 27 heteroatoms. The molecule has 4 aliphatic heterocycles. The van der Waals surface area contributed by atoms with Crippen LogP contribution in [0.3, 0.4) is 0 Å². The first-order valence-electron chi connectivity index (χ1n) is 30.2. The molecule has 472 valence electrons. The zero-order chi connectivity index (χ0) is 64.2. The second-order valence-corrected chi connectivity index (χ2v) is 25.1. The number of carbonyl (C=O) groups is 4. The third-order valence-electron chi connectivity index (χ3n) is 17.3. The zero-order valence-corrected chi connectivity index (χ0v) is 53.4. The van der Waals surface area contributed by atoms with E-state index in [2.05, 4.69) is 63.5 Å². The van der Waals surface area contributed by atoms with E-state index in [-0.39, 0.29) is 48.1 Å². The first-order chi connectivity index (χ1) is 44.5. The van der Waals surface area contributed by atoms with Crippen molar-refractivity contribution in [3.05, 3.63) is 198 Å². The number of pyridine rings is 1. The predicted octanol–water partition coefficient (Wildman–Crippen LogP) is 9.36. The Hall–Kier alpha value is -9.13. The van der Waals surface area contributed by atoms with Crippen LogP contribution in [0.2, 0.25) is 20.4 Å². The Labute approximate surface area is 548 Å². The number of nitrogens with one attached hydrogen (secondary N) is 4. The van der Waals surface area contributed by atoms with Gasteiger partial charge in [0, 0.05) is 107 Å². The van der Waals surface area contributed by atoms with Gasteiger partial charge in [-0.2, -0.15) is 9.36 Å². The number of piperidine rings is 1. The molecule has 23 nitrogen and oxygen atoms in total. The van der Waals surface area contributed by atoms with Gasteiger partial charge in [0.2, 0.25) is 23.6 Å². The Kier molecular flexibility index (Phi) is 19.0. The van der Waals surface area contributed by atoms with Crippen molar-refractivity contribution in [1.29, 1.82) is 0 Å². The van der Waals surface area contributed by atoms with Crippen molar-refractivity contribution in [3.63, 3.8) is 0 Å². The van der Waals surface area contributed by atoms with Gasteiger partial charge < -0.3 is 35.0 Å². The highest BCUT2D eigenvalue weighted by molar-refractivity contribution is 6.32. The predicted molar refractivity (Wildman–Crippen MR) is 349 cm³/mol. The Morgan fingerprint density at radius 2 is 1.20 bits per heavy atom. The van der Waals surface area contributed by atoms with Gasteiger partial charge in [-0.15, -0.1) is 10.2 Å². The van der Waals surface area contributed by atoms with E-state index in [4.69, 9.17) is 56.4 Å². The number of benzene rings is 4. The molecule has 92 heavy (non-hydrogen) atoms. The molecule has 4 aliphatic rings. The summed E-state index contributed by atoms with van der Waals surface area (Å²) in [5, 5.41) is 30.2. The van der Waals surface area contributed by atoms with E-state index < -0.39 is 23.9 Å². The summed E-state index contributed by atoms with van der Waals surface area (Å²) in [5.74, 6) is -0.0577. The minimum atomic E-state index is -0.818. The smallest absolute Gasteiger partial charge is 0.250 e. The molecule has 3 fully saturated rings. The van der Waals surface area contributed by atoms with Gasteiger partial charge in [0.15, 0.2) is 0 Å². The number of fused-ring (bicyclic) bond motifs is 5. The van der Waals surface area contributed by atoms with Crippen LogP contribution in [0.25, 0.3) is 46.0 Å². The third kappa shape index (κ3) is 14.3. The lowest BCUT2D eigenvalue weighted by molar-refractivity contribution is -0.138. The molecule has 4 aromatic carbocycles. The lowest BCUT2D eigenvalue weighted by atomic mass is 9.83. The summed E-state index contributed by atoms with van der Waals surface area (Å²) in [6.07, 6.45) is 12.0. The van der Waals surface area contributed by atoms with Crippen LogP contribution >= 0.6 is 46.4 Å². The van der Waals surface area contributed by atoms with Crippen molar-refractivity contribution in [2.24, 2.45) is 5.92 Å². The van der Waals surface area contributed by atoms with Crippen molar-refractivity contribution >= 4 is 82.2 Å². The number of rotatable bonds is 16. The van der Waals surface area contributed by atoms with E-state index in [9.17, 15) is 24.0 Å². The summed E-state index contributed by atoms with van der Waals surface area (Å²) in [5.41, 5.74) is 8.38. The van der Waals surface area contributed by atoms with Crippen LogP contribution in [-0.2, 0) is 25.7 Å². The largest absolute Gasteiger partial charge is 0.342 e. The molecular weight excluding hydrogens is 1250 g/mol. The number of hydrogen-bond donors (Lipinski definition) is 4. The average molecular weight is 1320 g/mol. The van der Waals surface area contributed by atoms with Gasteiger partial charge in [-0.1, -0.05) is 112 Å². The van der Waals surface area contributed by atoms with Crippen LogP contribution in [0.1, 0.15) is 96.6 Å². The molecule has 6 atom stereocenters. The molecule has 2 unspecified atom stereocenters. The highest BCUT2D eigenvalue weighted by Crippen LogP contribution is 2.37. The quantitative estimate of drug-likeness (QED) is 0.0657. The number of aryl methyl sites for hydroxylation is 2. The number of imidazole rings is 2. The number of piperazine rings is 1. The number of hydrogen-bond acceptors (Lipinski definition) is 14. The van der Waals surface area contributed by atoms with E-state index >= 15 is 0 Å². The SMILES string of the molecule is Cc1ccc(-c2nc([C@H](CC(=O)N3CCN4CCCC4C3C)NC(=O)/C=C/c3cc(Cl)ccc3-n3cnnn3)[nH]c2Cl)cc1.Cc1ccc(-c2nc([C@H](CC(=O)N3C[C@@H]4C[C@H](C3)c3cccc(=O)n3C4)NC(=O)/C=C/c3cc(Cl)ccc3-n3cnnn3)[nH]c2Cl)cc1. The maximum atomic E-state index is 13.9. The Morgan fingerprint density at radius 3 is 1.73 bits per heavy atom.